The molecule has 1 aromatic rings. The summed E-state index contributed by atoms with van der Waals surface area (Å²) in [6, 6.07) is 9.52. The van der Waals surface area contributed by atoms with Crippen molar-refractivity contribution >= 4 is 29.8 Å². The molecular weight excluding hydrogens is 407 g/mol. The predicted octanol–water partition coefficient (Wildman–Crippen LogP) is 5.53. The maximum absolute atomic E-state index is 13.9. The lowest BCUT2D eigenvalue weighted by Crippen LogP contribution is -2.41. The smallest absolute Gasteiger partial charge is 0.357 e. The number of benzene rings is 1. The summed E-state index contributed by atoms with van der Waals surface area (Å²) >= 11 is 1.27. The lowest BCUT2D eigenvalue weighted by molar-refractivity contribution is 0.311. The molecule has 0 saturated heterocycles. The summed E-state index contributed by atoms with van der Waals surface area (Å²) < 4.78 is 26.7. The standard InChI is InChI=1S/C20H33N4O3PS/c1-7-15-23(5)20(22-18-12-10-11-13-19(18)26-6)24(16-14-21)28(25,27-9-3)29-17(4)8-2/h10-13,17H,7-9,15-16H2,1-6H3. The molecule has 1 rings (SSSR count). The topological polar surface area (TPSA) is 78.2 Å². The van der Waals surface area contributed by atoms with Crippen molar-refractivity contribution in [2.75, 3.05) is 33.9 Å². The van der Waals surface area contributed by atoms with Crippen molar-refractivity contribution in [3.63, 3.8) is 0 Å². The molecule has 0 amide bonds. The molecule has 9 heteroatoms. The minimum Gasteiger partial charge on any atom is -0.494 e. The molecule has 29 heavy (non-hydrogen) atoms. The minimum atomic E-state index is -3.40. The molecule has 0 spiro atoms. The van der Waals surface area contributed by atoms with Gasteiger partial charge >= 0.3 is 6.72 Å². The van der Waals surface area contributed by atoms with E-state index < -0.39 is 6.72 Å². The van der Waals surface area contributed by atoms with Crippen molar-refractivity contribution in [2.24, 2.45) is 4.99 Å². The van der Waals surface area contributed by atoms with Crippen LogP contribution in [0.15, 0.2) is 29.3 Å². The monoisotopic (exact) mass is 440 g/mol. The summed E-state index contributed by atoms with van der Waals surface area (Å²) in [5.74, 6) is 1.04. The first kappa shape index (κ1) is 25.4. The maximum Gasteiger partial charge on any atom is 0.357 e. The van der Waals surface area contributed by atoms with E-state index >= 15 is 0 Å². The summed E-state index contributed by atoms with van der Waals surface area (Å²) in [6.45, 7) is 5.39. The van der Waals surface area contributed by atoms with Crippen molar-refractivity contribution < 1.29 is 13.8 Å². The Bertz CT molecular complexity index is 753. The van der Waals surface area contributed by atoms with Gasteiger partial charge in [0.15, 0.2) is 0 Å². The van der Waals surface area contributed by atoms with Crippen LogP contribution >= 0.6 is 18.1 Å². The van der Waals surface area contributed by atoms with Crippen LogP contribution in [0.25, 0.3) is 0 Å². The second-order valence-electron chi connectivity index (χ2n) is 6.43. The Kier molecular flexibility index (Phi) is 11.2. The number of hydrogen-bond acceptors (Lipinski definition) is 6. The number of rotatable bonds is 11. The highest BCUT2D eigenvalue weighted by Crippen LogP contribution is 2.64. The van der Waals surface area contributed by atoms with E-state index in [-0.39, 0.29) is 18.4 Å². The van der Waals surface area contributed by atoms with Gasteiger partial charge in [0.25, 0.3) is 0 Å². The average molecular weight is 441 g/mol. The van der Waals surface area contributed by atoms with E-state index in [9.17, 15) is 9.83 Å². The van der Waals surface area contributed by atoms with Gasteiger partial charge in [-0.1, -0.05) is 32.9 Å². The molecule has 0 fully saturated rings. The van der Waals surface area contributed by atoms with E-state index in [1.165, 1.54) is 16.1 Å². The van der Waals surface area contributed by atoms with E-state index in [0.717, 1.165) is 12.8 Å². The van der Waals surface area contributed by atoms with Crippen molar-refractivity contribution in [1.29, 1.82) is 5.26 Å². The van der Waals surface area contributed by atoms with Gasteiger partial charge in [-0.15, -0.1) is 0 Å². The molecule has 0 aromatic heterocycles. The van der Waals surface area contributed by atoms with Crippen LogP contribution in [0.4, 0.5) is 5.69 Å². The Labute approximate surface area is 179 Å². The summed E-state index contributed by atoms with van der Waals surface area (Å²) in [6.07, 6.45) is 1.71. The van der Waals surface area contributed by atoms with E-state index in [0.29, 0.717) is 23.9 Å². The van der Waals surface area contributed by atoms with Crippen LogP contribution in [0.2, 0.25) is 0 Å². The summed E-state index contributed by atoms with van der Waals surface area (Å²) in [4.78, 5) is 6.68. The van der Waals surface area contributed by atoms with Crippen molar-refractivity contribution in [2.45, 2.75) is 45.8 Å². The largest absolute Gasteiger partial charge is 0.494 e. The van der Waals surface area contributed by atoms with Crippen molar-refractivity contribution in [1.82, 2.24) is 9.57 Å². The van der Waals surface area contributed by atoms with Crippen LogP contribution in [0.3, 0.4) is 0 Å². The molecule has 0 saturated carbocycles. The first-order valence-electron chi connectivity index (χ1n) is 9.87. The van der Waals surface area contributed by atoms with E-state index in [1.807, 2.05) is 50.1 Å². The summed E-state index contributed by atoms with van der Waals surface area (Å²) in [5, 5.41) is 9.62. The van der Waals surface area contributed by atoms with Crippen molar-refractivity contribution in [3.8, 4) is 11.8 Å². The normalized spacial score (nSPS) is 14.6. The molecular formula is C20H33N4O3PS. The number of guanidine groups is 1. The summed E-state index contributed by atoms with van der Waals surface area (Å²) in [7, 11) is 3.47. The van der Waals surface area contributed by atoms with E-state index in [2.05, 4.69) is 13.0 Å². The third-order valence-corrected chi connectivity index (χ3v) is 9.38. The molecule has 7 nitrogen and oxygen atoms in total. The van der Waals surface area contributed by atoms with Crippen LogP contribution in [-0.4, -0.2) is 54.6 Å². The van der Waals surface area contributed by atoms with Crippen molar-refractivity contribution in [3.05, 3.63) is 24.3 Å². The second kappa shape index (κ2) is 12.8. The highest BCUT2D eigenvalue weighted by Gasteiger charge is 2.38. The third kappa shape index (κ3) is 7.26. The van der Waals surface area contributed by atoms with Gasteiger partial charge in [0.1, 0.15) is 18.0 Å². The first-order valence-corrected chi connectivity index (χ1v) is 12.9. The summed E-state index contributed by atoms with van der Waals surface area (Å²) in [5.41, 5.74) is 0.604. The number of aliphatic imine (C=N–C) groups is 1. The molecule has 0 heterocycles. The lowest BCUT2D eigenvalue weighted by Gasteiger charge is -2.35. The zero-order valence-corrected chi connectivity index (χ0v) is 20.0. The van der Waals surface area contributed by atoms with Crippen LogP contribution < -0.4 is 4.74 Å². The van der Waals surface area contributed by atoms with Gasteiger partial charge < -0.3 is 14.2 Å². The minimum absolute atomic E-state index is 0.0945. The molecule has 2 unspecified atom stereocenters. The Morgan fingerprint density at radius 2 is 2.03 bits per heavy atom. The number of nitriles is 1. The Balaban J connectivity index is 3.59. The van der Waals surface area contributed by atoms with Gasteiger partial charge in [-0.2, -0.15) is 5.26 Å². The fraction of sp³-hybridized carbons (Fsp3) is 0.600. The van der Waals surface area contributed by atoms with Gasteiger partial charge in [-0.3, -0.25) is 4.57 Å². The molecule has 0 N–H and O–H groups in total. The highest BCUT2D eigenvalue weighted by atomic mass is 32.7. The molecule has 162 valence electrons. The Morgan fingerprint density at radius 1 is 1.34 bits per heavy atom. The lowest BCUT2D eigenvalue weighted by atomic mass is 10.3. The van der Waals surface area contributed by atoms with E-state index in [1.54, 1.807) is 14.0 Å². The number of para-hydroxylation sites is 2. The van der Waals surface area contributed by atoms with Gasteiger partial charge in [0.05, 0.1) is 19.8 Å². The quantitative estimate of drug-likeness (QED) is 0.194. The molecule has 0 aliphatic carbocycles. The fourth-order valence-corrected chi connectivity index (χ4v) is 7.50. The number of ether oxygens (including phenoxy) is 1. The molecule has 0 bridgehead atoms. The van der Waals surface area contributed by atoms with Crippen LogP contribution in [-0.2, 0) is 9.09 Å². The first-order chi connectivity index (χ1) is 13.9. The predicted molar refractivity (Wildman–Crippen MR) is 122 cm³/mol. The van der Waals surface area contributed by atoms with Gasteiger partial charge in [0, 0.05) is 18.8 Å². The van der Waals surface area contributed by atoms with Gasteiger partial charge in [0.2, 0.25) is 5.96 Å². The molecule has 0 aliphatic rings. The number of hydrogen-bond donors (Lipinski definition) is 0. The number of methoxy groups -OCH3 is 1. The van der Waals surface area contributed by atoms with Crippen LogP contribution in [0, 0.1) is 11.3 Å². The molecule has 2 atom stereocenters. The zero-order chi connectivity index (χ0) is 21.9. The van der Waals surface area contributed by atoms with Gasteiger partial charge in [-0.25, -0.2) is 9.66 Å². The number of nitrogens with zero attached hydrogens (tertiary/aromatic N) is 4. The van der Waals surface area contributed by atoms with Crippen LogP contribution in [0.1, 0.15) is 40.5 Å². The zero-order valence-electron chi connectivity index (χ0n) is 18.3. The van der Waals surface area contributed by atoms with Crippen LogP contribution in [0.5, 0.6) is 5.75 Å². The molecule has 0 radical (unpaired) electrons. The van der Waals surface area contributed by atoms with Gasteiger partial charge in [-0.05, 0) is 43.3 Å². The highest BCUT2D eigenvalue weighted by molar-refractivity contribution is 8.56. The molecule has 1 aromatic carbocycles. The maximum atomic E-state index is 13.9. The average Bonchev–Trinajstić information content (AvgIpc) is 2.70. The van der Waals surface area contributed by atoms with E-state index in [4.69, 9.17) is 14.3 Å². The second-order valence-corrected chi connectivity index (χ2v) is 11.1. The molecule has 0 aliphatic heterocycles. The third-order valence-electron chi connectivity index (χ3n) is 4.13. The SMILES string of the molecule is CCCN(C)C(=Nc1ccccc1OC)N(CC#N)P(=O)(OCC)SC(C)CC. The Hall–Kier alpha value is -1.68. The fourth-order valence-electron chi connectivity index (χ4n) is 2.56. The Morgan fingerprint density at radius 3 is 2.59 bits per heavy atom.